The maximum atomic E-state index is 13.9. The van der Waals surface area contributed by atoms with Gasteiger partial charge in [-0.05, 0) is 68.6 Å². The molecule has 1 aromatic carbocycles. The molecule has 0 spiro atoms. The molecule has 1 unspecified atom stereocenters. The summed E-state index contributed by atoms with van der Waals surface area (Å²) < 4.78 is 41.7. The normalized spacial score (nSPS) is 16.8. The van der Waals surface area contributed by atoms with Gasteiger partial charge in [0.05, 0.1) is 5.41 Å². The monoisotopic (exact) mass is 478 g/mol. The highest BCUT2D eigenvalue weighted by atomic mass is 19.4. The van der Waals surface area contributed by atoms with Crippen LogP contribution in [0.15, 0.2) is 36.7 Å². The van der Waals surface area contributed by atoms with E-state index in [0.717, 1.165) is 24.2 Å². The van der Waals surface area contributed by atoms with E-state index in [9.17, 15) is 23.1 Å². The summed E-state index contributed by atoms with van der Waals surface area (Å²) in [6.07, 6.45) is -1.30. The summed E-state index contributed by atoms with van der Waals surface area (Å²) >= 11 is 0. The van der Waals surface area contributed by atoms with Crippen LogP contribution in [0.5, 0.6) is 5.75 Å². The van der Waals surface area contributed by atoms with Crippen LogP contribution < -0.4 is 5.32 Å². The molecule has 34 heavy (non-hydrogen) atoms. The quantitative estimate of drug-likeness (QED) is 0.501. The number of alkyl halides is 3. The van der Waals surface area contributed by atoms with E-state index in [0.29, 0.717) is 13.0 Å². The third kappa shape index (κ3) is 5.87. The summed E-state index contributed by atoms with van der Waals surface area (Å²) in [5.74, 6) is -1.29. The van der Waals surface area contributed by atoms with Gasteiger partial charge in [-0.15, -0.1) is 0 Å². The van der Waals surface area contributed by atoms with E-state index in [1.54, 1.807) is 18.2 Å². The Kier molecular flexibility index (Phi) is 8.17. The maximum Gasteiger partial charge on any atom is 0.395 e. The number of aromatic hydroxyl groups is 1. The number of carbonyl (C=O) groups excluding carboxylic acids is 1. The number of carbonyl (C=O) groups is 1. The van der Waals surface area contributed by atoms with Crippen LogP contribution in [0.25, 0.3) is 0 Å². The predicted octanol–water partition coefficient (Wildman–Crippen LogP) is 4.38. The molecule has 2 aromatic rings. The minimum atomic E-state index is -4.42. The number of nitrogens with one attached hydrogen (secondary N) is 1. The Labute approximate surface area is 198 Å². The number of amides is 1. The van der Waals surface area contributed by atoms with Gasteiger partial charge in [-0.25, -0.2) is 9.97 Å². The van der Waals surface area contributed by atoms with Gasteiger partial charge in [0.15, 0.2) is 0 Å². The number of likely N-dealkylation sites (N-methyl/N-ethyl adjacent to an activating group) is 1. The van der Waals surface area contributed by atoms with E-state index in [4.69, 9.17) is 0 Å². The van der Waals surface area contributed by atoms with Crippen molar-refractivity contribution in [2.75, 3.05) is 19.6 Å². The zero-order valence-corrected chi connectivity index (χ0v) is 19.9. The third-order valence-corrected chi connectivity index (χ3v) is 6.95. The summed E-state index contributed by atoms with van der Waals surface area (Å²) in [6, 6.07) is 6.71. The number of phenols is 1. The molecule has 0 aliphatic heterocycles. The molecule has 9 heteroatoms. The Balaban J connectivity index is 1.73. The predicted molar refractivity (Wildman–Crippen MR) is 123 cm³/mol. The number of nitrogens with zero attached hydrogens (tertiary/aromatic N) is 3. The highest BCUT2D eigenvalue weighted by Crippen LogP contribution is 2.65. The maximum absolute atomic E-state index is 13.9. The summed E-state index contributed by atoms with van der Waals surface area (Å²) in [4.78, 5) is 23.2. The second-order valence-electron chi connectivity index (χ2n) is 9.01. The van der Waals surface area contributed by atoms with Crippen molar-refractivity contribution in [3.8, 4) is 5.75 Å². The molecule has 0 bridgehead atoms. The van der Waals surface area contributed by atoms with Gasteiger partial charge in [0.25, 0.3) is 0 Å². The average Bonchev–Trinajstić information content (AvgIpc) is 3.61. The Bertz CT molecular complexity index is 960. The second-order valence-corrected chi connectivity index (χ2v) is 9.01. The van der Waals surface area contributed by atoms with Gasteiger partial charge >= 0.3 is 6.18 Å². The largest absolute Gasteiger partial charge is 0.508 e. The van der Waals surface area contributed by atoms with Gasteiger partial charge in [-0.1, -0.05) is 19.9 Å². The first-order chi connectivity index (χ1) is 16.1. The molecular formula is C25H33F3N4O2. The minimum Gasteiger partial charge on any atom is -0.508 e. The van der Waals surface area contributed by atoms with E-state index < -0.39 is 23.4 Å². The lowest BCUT2D eigenvalue weighted by Gasteiger charge is -2.31. The van der Waals surface area contributed by atoms with Crippen molar-refractivity contribution in [2.24, 2.45) is 5.41 Å². The first-order valence-corrected chi connectivity index (χ1v) is 11.7. The number of rotatable bonds is 11. The molecule has 1 saturated carbocycles. The molecule has 1 fully saturated rings. The standard InChI is InChI=1S/C25H33F3N4O2/c1-4-32(5-2)19(14-18-7-8-20(33)13-17(18)3)16-31-22(34)15-21(23-29-11-6-12-30-23)24(9-10-24)25(26,27)28/h6-8,11-13,19,21,33H,4-5,9-10,14-16H2,1-3H3,(H,31,34)/t19-,21?/m0/s1. The van der Waals surface area contributed by atoms with Crippen molar-refractivity contribution in [1.29, 1.82) is 0 Å². The third-order valence-electron chi connectivity index (χ3n) is 6.95. The lowest BCUT2D eigenvalue weighted by Crippen LogP contribution is -2.46. The van der Waals surface area contributed by atoms with Crippen molar-refractivity contribution < 1.29 is 23.1 Å². The topological polar surface area (TPSA) is 78.4 Å². The summed E-state index contributed by atoms with van der Waals surface area (Å²) in [5, 5.41) is 12.6. The molecule has 2 atom stereocenters. The number of hydrogen-bond donors (Lipinski definition) is 2. The van der Waals surface area contributed by atoms with Crippen LogP contribution in [0.3, 0.4) is 0 Å². The average molecular weight is 479 g/mol. The van der Waals surface area contributed by atoms with Gasteiger partial charge in [0, 0.05) is 37.3 Å². The second kappa shape index (κ2) is 10.7. The molecule has 3 rings (SSSR count). The van der Waals surface area contributed by atoms with Gasteiger partial charge in [0.1, 0.15) is 11.6 Å². The molecule has 1 aliphatic carbocycles. The molecule has 0 saturated heterocycles. The van der Waals surface area contributed by atoms with Crippen molar-refractivity contribution in [2.45, 2.75) is 64.6 Å². The van der Waals surface area contributed by atoms with Crippen LogP contribution in [0.1, 0.15) is 56.0 Å². The fourth-order valence-electron chi connectivity index (χ4n) is 4.71. The molecule has 1 aromatic heterocycles. The zero-order valence-electron chi connectivity index (χ0n) is 19.9. The zero-order chi connectivity index (χ0) is 24.9. The Hall–Kier alpha value is -2.68. The van der Waals surface area contributed by atoms with Crippen LogP contribution in [0.4, 0.5) is 13.2 Å². The molecule has 1 heterocycles. The van der Waals surface area contributed by atoms with E-state index in [1.807, 2.05) is 26.8 Å². The first kappa shape index (κ1) is 25.9. The summed E-state index contributed by atoms with van der Waals surface area (Å²) in [5.41, 5.74) is 0.0618. The first-order valence-electron chi connectivity index (χ1n) is 11.7. The number of aromatic nitrogens is 2. The number of phenolic OH excluding ortho intramolecular Hbond substituents is 1. The van der Waals surface area contributed by atoms with Gasteiger partial charge in [-0.2, -0.15) is 13.2 Å². The molecule has 0 radical (unpaired) electrons. The molecule has 1 amide bonds. The molecule has 2 N–H and O–H groups in total. The van der Waals surface area contributed by atoms with Crippen molar-refractivity contribution >= 4 is 5.91 Å². The lowest BCUT2D eigenvalue weighted by molar-refractivity contribution is -0.195. The van der Waals surface area contributed by atoms with Gasteiger partial charge in [-0.3, -0.25) is 9.69 Å². The van der Waals surface area contributed by atoms with Crippen molar-refractivity contribution in [3.63, 3.8) is 0 Å². The van der Waals surface area contributed by atoms with Gasteiger partial charge in [0.2, 0.25) is 5.91 Å². The smallest absolute Gasteiger partial charge is 0.395 e. The molecule has 186 valence electrons. The Morgan fingerprint density at radius 2 is 1.85 bits per heavy atom. The van der Waals surface area contributed by atoms with E-state index >= 15 is 0 Å². The summed E-state index contributed by atoms with van der Waals surface area (Å²) in [6.45, 7) is 7.83. The number of benzene rings is 1. The van der Waals surface area contributed by atoms with E-state index in [2.05, 4.69) is 20.2 Å². The number of aryl methyl sites for hydroxylation is 1. The molecule has 6 nitrogen and oxygen atoms in total. The van der Waals surface area contributed by atoms with Crippen molar-refractivity contribution in [3.05, 3.63) is 53.6 Å². The Morgan fingerprint density at radius 1 is 1.21 bits per heavy atom. The molecule has 1 aliphatic rings. The number of hydrogen-bond acceptors (Lipinski definition) is 5. The SMILES string of the molecule is CCN(CC)[C@H](CNC(=O)CC(c1ncccn1)C1(C(F)(F)F)CC1)Cc1ccc(O)cc1C. The van der Waals surface area contributed by atoms with E-state index in [-0.39, 0.29) is 36.9 Å². The van der Waals surface area contributed by atoms with Gasteiger partial charge < -0.3 is 10.4 Å². The van der Waals surface area contributed by atoms with Crippen LogP contribution in [-0.2, 0) is 11.2 Å². The fraction of sp³-hybridized carbons (Fsp3) is 0.560. The number of halogens is 3. The molecular weight excluding hydrogens is 445 g/mol. The summed E-state index contributed by atoms with van der Waals surface area (Å²) in [7, 11) is 0. The van der Waals surface area contributed by atoms with Crippen molar-refractivity contribution in [1.82, 2.24) is 20.2 Å². The van der Waals surface area contributed by atoms with E-state index in [1.165, 1.54) is 12.4 Å². The van der Waals surface area contributed by atoms with Crippen LogP contribution in [-0.4, -0.2) is 57.7 Å². The van der Waals surface area contributed by atoms with Crippen LogP contribution >= 0.6 is 0 Å². The van der Waals surface area contributed by atoms with Crippen LogP contribution in [0, 0.1) is 12.3 Å². The van der Waals surface area contributed by atoms with Crippen LogP contribution in [0.2, 0.25) is 0 Å². The lowest BCUT2D eigenvalue weighted by atomic mass is 9.84. The minimum absolute atomic E-state index is 0.0189. The highest BCUT2D eigenvalue weighted by Gasteiger charge is 2.68. The Morgan fingerprint density at radius 3 is 2.38 bits per heavy atom. The highest BCUT2D eigenvalue weighted by molar-refractivity contribution is 5.77. The fourth-order valence-corrected chi connectivity index (χ4v) is 4.71.